The summed E-state index contributed by atoms with van der Waals surface area (Å²) in [5, 5.41) is 52.3. The highest BCUT2D eigenvalue weighted by Gasteiger charge is 2.25. The van der Waals surface area contributed by atoms with Gasteiger partial charge in [0.05, 0.1) is 52.0 Å². The molecule has 0 unspecified atom stereocenters. The first-order chi connectivity index (χ1) is 38.0. The second-order valence-electron chi connectivity index (χ2n) is 19.0. The number of aliphatic carboxylic acids is 4. The van der Waals surface area contributed by atoms with Crippen molar-refractivity contribution in [1.82, 2.24) is 41.9 Å². The van der Waals surface area contributed by atoms with E-state index >= 15 is 0 Å². The van der Waals surface area contributed by atoms with E-state index < -0.39 is 78.3 Å². The van der Waals surface area contributed by atoms with E-state index in [1.165, 1.54) is 44.6 Å². The van der Waals surface area contributed by atoms with E-state index in [-0.39, 0.29) is 129 Å². The Morgan fingerprint density at radius 3 is 1.37 bits per heavy atom. The highest BCUT2D eigenvalue weighted by Crippen LogP contribution is 2.14. The fraction of sp³-hybridized carbons (Fsp3) is 0.750. The van der Waals surface area contributed by atoms with E-state index in [9.17, 15) is 63.3 Å². The quantitative estimate of drug-likeness (QED) is 0.0411. The topological polar surface area (TPSA) is 415 Å². The van der Waals surface area contributed by atoms with Crippen LogP contribution in [0, 0.1) is 0 Å². The van der Waals surface area contributed by atoms with Crippen molar-refractivity contribution in [2.24, 2.45) is 5.73 Å². The molecule has 13 N–H and O–H groups in total. The molecule has 0 aliphatic carbocycles. The van der Waals surface area contributed by atoms with Crippen molar-refractivity contribution >= 4 is 59.3 Å². The first kappa shape index (κ1) is 70.7. The molecule has 450 valence electrons. The number of nitrogens with one attached hydrogen (secondary N) is 7. The molecular formula is C52H89N9O18. The Kier molecular flexibility index (Phi) is 41.7. The van der Waals surface area contributed by atoms with Crippen LogP contribution in [0.2, 0.25) is 0 Å². The Balaban J connectivity index is 2.01. The molecule has 0 radical (unpaired) electrons. The van der Waals surface area contributed by atoms with Gasteiger partial charge in [-0.25, -0.2) is 19.4 Å². The minimum absolute atomic E-state index is 0.00844. The van der Waals surface area contributed by atoms with Crippen molar-refractivity contribution in [2.45, 2.75) is 178 Å². The van der Waals surface area contributed by atoms with Gasteiger partial charge in [0.1, 0.15) is 31.3 Å². The van der Waals surface area contributed by atoms with Gasteiger partial charge in [-0.2, -0.15) is 0 Å². The van der Waals surface area contributed by atoms with Gasteiger partial charge >= 0.3 is 23.9 Å². The van der Waals surface area contributed by atoms with Crippen LogP contribution in [0.4, 0.5) is 0 Å². The number of aromatic amines is 1. The number of ether oxygens (including phenoxy) is 4. The number of carbonyl (C=O) groups excluding carboxylic acids is 6. The summed E-state index contributed by atoms with van der Waals surface area (Å²) in [4.78, 5) is 126. The lowest BCUT2D eigenvalue weighted by Gasteiger charge is -2.17. The maximum atomic E-state index is 12.4. The summed E-state index contributed by atoms with van der Waals surface area (Å²) in [6.07, 6.45) is 18.6. The van der Waals surface area contributed by atoms with E-state index in [2.05, 4.69) is 41.9 Å². The molecule has 79 heavy (non-hydrogen) atoms. The zero-order chi connectivity index (χ0) is 58.3. The number of carboxylic acid groups (broad SMARTS) is 4. The number of nitrogens with two attached hydrogens (primary N) is 1. The Labute approximate surface area is 462 Å². The van der Waals surface area contributed by atoms with E-state index in [1.54, 1.807) is 0 Å². The van der Waals surface area contributed by atoms with E-state index in [0.717, 1.165) is 51.4 Å². The summed E-state index contributed by atoms with van der Waals surface area (Å²) in [7, 11) is 0. The van der Waals surface area contributed by atoms with Crippen LogP contribution in [0.3, 0.4) is 0 Å². The fourth-order valence-electron chi connectivity index (χ4n) is 7.74. The molecule has 0 aliphatic heterocycles. The Bertz CT molecular complexity index is 1910. The third-order valence-corrected chi connectivity index (χ3v) is 12.2. The molecule has 0 aromatic carbocycles. The molecule has 0 aliphatic rings. The van der Waals surface area contributed by atoms with Crippen molar-refractivity contribution < 1.29 is 87.3 Å². The van der Waals surface area contributed by atoms with Gasteiger partial charge in [0.25, 0.3) is 0 Å². The first-order valence-electron chi connectivity index (χ1n) is 27.6. The number of amides is 6. The molecule has 1 aromatic heterocycles. The van der Waals surface area contributed by atoms with Crippen molar-refractivity contribution in [3.63, 3.8) is 0 Å². The highest BCUT2D eigenvalue weighted by molar-refractivity contribution is 5.87. The van der Waals surface area contributed by atoms with Crippen LogP contribution in [0.1, 0.15) is 153 Å². The van der Waals surface area contributed by atoms with Crippen molar-refractivity contribution in [1.29, 1.82) is 0 Å². The van der Waals surface area contributed by atoms with Crippen LogP contribution in [0.15, 0.2) is 12.5 Å². The number of unbranched alkanes of at least 4 members (excludes halogenated alkanes) is 14. The maximum absolute atomic E-state index is 12.4. The summed E-state index contributed by atoms with van der Waals surface area (Å²) in [6.45, 7) is 0.374. The summed E-state index contributed by atoms with van der Waals surface area (Å²) >= 11 is 0. The number of carboxylic acids is 4. The maximum Gasteiger partial charge on any atom is 0.326 e. The van der Waals surface area contributed by atoms with Crippen LogP contribution in [-0.4, -0.2) is 186 Å². The summed E-state index contributed by atoms with van der Waals surface area (Å²) < 4.78 is 21.2. The number of imidazole rings is 1. The minimum atomic E-state index is -1.36. The SMILES string of the molecule is N[C@@H](Cc1cnc[nH]1)C(=O)N[C@@H](CCCCNC(=O)CC[C@H](NC(=O)COCCOCCNC(=O)COCCOCCNC(=O)CC[C@H](NC(=O)CCCCCCCCCCCCCCCCC(=O)O)C(=O)O)C(=O)O)C(=O)O. The van der Waals surface area contributed by atoms with Crippen molar-refractivity contribution in [2.75, 3.05) is 72.5 Å². The molecule has 0 fully saturated rings. The largest absolute Gasteiger partial charge is 0.481 e. The van der Waals surface area contributed by atoms with Gasteiger partial charge in [0, 0.05) is 63.6 Å². The molecule has 1 aromatic rings. The lowest BCUT2D eigenvalue weighted by Crippen LogP contribution is -2.49. The van der Waals surface area contributed by atoms with Gasteiger partial charge in [-0.15, -0.1) is 0 Å². The lowest BCUT2D eigenvalue weighted by atomic mass is 10.0. The third-order valence-electron chi connectivity index (χ3n) is 12.2. The molecule has 0 spiro atoms. The van der Waals surface area contributed by atoms with Gasteiger partial charge in [-0.3, -0.25) is 33.6 Å². The van der Waals surface area contributed by atoms with Gasteiger partial charge in [0.15, 0.2) is 0 Å². The number of H-pyrrole nitrogens is 1. The standard InChI is InChI=1S/C52H89N9O18/c53-39(33-38-34-54-37-58-38)49(69)61-40(50(70)71)17-15-16-24-55-43(62)22-21-42(52(74)75)60-47(66)36-79-32-30-77-28-26-57-46(65)35-78-31-29-76-27-25-56-44(63)23-20-41(51(72)73)59-45(64)18-13-11-9-7-5-3-1-2-4-6-8-10-12-14-19-48(67)68/h34,37,39-42H,1-33,35-36,53H2,(H,54,58)(H,55,62)(H,56,63)(H,57,65)(H,59,64)(H,60,66)(H,61,69)(H,67,68)(H,70,71)(H,72,73)(H,74,75)/t39-,40-,41-,42-/m0/s1. The van der Waals surface area contributed by atoms with Crippen LogP contribution < -0.4 is 37.6 Å². The smallest absolute Gasteiger partial charge is 0.326 e. The Morgan fingerprint density at radius 1 is 0.456 bits per heavy atom. The summed E-state index contributed by atoms with van der Waals surface area (Å²) in [5.41, 5.74) is 6.49. The number of hydrogen-bond acceptors (Lipinski definition) is 16. The van der Waals surface area contributed by atoms with E-state index in [1.807, 2.05) is 0 Å². The third kappa shape index (κ3) is 41.4. The average molecular weight is 1130 g/mol. The molecule has 27 heteroatoms. The van der Waals surface area contributed by atoms with Gasteiger partial charge in [-0.1, -0.05) is 77.0 Å². The van der Waals surface area contributed by atoms with Crippen molar-refractivity contribution in [3.8, 4) is 0 Å². The number of hydrogen-bond donors (Lipinski definition) is 12. The summed E-state index contributed by atoms with van der Waals surface area (Å²) in [5.74, 6) is -7.49. The minimum Gasteiger partial charge on any atom is -0.481 e. The van der Waals surface area contributed by atoms with Crippen molar-refractivity contribution in [3.05, 3.63) is 18.2 Å². The fourth-order valence-corrected chi connectivity index (χ4v) is 7.74. The van der Waals surface area contributed by atoms with E-state index in [0.29, 0.717) is 25.0 Å². The number of carbonyl (C=O) groups is 10. The number of nitrogens with zero attached hydrogens (tertiary/aromatic N) is 1. The van der Waals surface area contributed by atoms with Crippen LogP contribution in [-0.2, 0) is 73.3 Å². The van der Waals surface area contributed by atoms with Crippen LogP contribution in [0.25, 0.3) is 0 Å². The van der Waals surface area contributed by atoms with Gasteiger partial charge < -0.3 is 82.0 Å². The molecule has 0 saturated carbocycles. The molecular weight excluding hydrogens is 1040 g/mol. The Hall–Kier alpha value is -6.29. The second kappa shape index (κ2) is 46.6. The van der Waals surface area contributed by atoms with Gasteiger partial charge in [0.2, 0.25) is 35.4 Å². The Morgan fingerprint density at radius 2 is 0.886 bits per heavy atom. The zero-order valence-corrected chi connectivity index (χ0v) is 45.7. The summed E-state index contributed by atoms with van der Waals surface area (Å²) in [6, 6.07) is -4.70. The zero-order valence-electron chi connectivity index (χ0n) is 45.7. The molecule has 27 nitrogen and oxygen atoms in total. The highest BCUT2D eigenvalue weighted by atomic mass is 16.5. The predicted octanol–water partition coefficient (Wildman–Crippen LogP) is 1.46. The molecule has 0 bridgehead atoms. The molecule has 6 amide bonds. The predicted molar refractivity (Wildman–Crippen MR) is 285 cm³/mol. The molecule has 1 heterocycles. The van der Waals surface area contributed by atoms with E-state index in [4.69, 9.17) is 29.8 Å². The first-order valence-corrected chi connectivity index (χ1v) is 27.6. The normalized spacial score (nSPS) is 12.6. The average Bonchev–Trinajstić information content (AvgIpc) is 3.92. The van der Waals surface area contributed by atoms with Gasteiger partial charge in [-0.05, 0) is 44.9 Å². The monoisotopic (exact) mass is 1130 g/mol. The molecule has 1 rings (SSSR count). The molecule has 4 atom stereocenters. The van der Waals surface area contributed by atoms with Crippen LogP contribution >= 0.6 is 0 Å². The molecule has 0 saturated heterocycles. The van der Waals surface area contributed by atoms with Crippen LogP contribution in [0.5, 0.6) is 0 Å². The number of rotatable bonds is 53. The number of aromatic nitrogens is 2. The lowest BCUT2D eigenvalue weighted by molar-refractivity contribution is -0.143. The second-order valence-corrected chi connectivity index (χ2v) is 19.0.